The van der Waals surface area contributed by atoms with E-state index >= 15 is 0 Å². The van der Waals surface area contributed by atoms with E-state index in [0.717, 1.165) is 5.76 Å². The molecule has 4 heteroatoms. The highest BCUT2D eigenvalue weighted by atomic mass is 16.3. The number of carbonyl (C=O) groups excluding carboxylic acids is 1. The first-order chi connectivity index (χ1) is 10.2. The Kier molecular flexibility index (Phi) is 5.19. The molecule has 1 aromatic carbocycles. The molecule has 108 valence electrons. The van der Waals surface area contributed by atoms with Crippen molar-refractivity contribution in [1.29, 1.82) is 0 Å². The molecule has 0 bridgehead atoms. The Hall–Kier alpha value is -2.51. The first kappa shape index (κ1) is 14.9. The van der Waals surface area contributed by atoms with Crippen molar-refractivity contribution in [1.82, 2.24) is 4.90 Å². The maximum atomic E-state index is 12.5. The number of benzene rings is 1. The second kappa shape index (κ2) is 7.32. The van der Waals surface area contributed by atoms with Crippen molar-refractivity contribution in [2.24, 2.45) is 0 Å². The van der Waals surface area contributed by atoms with Crippen LogP contribution in [0.1, 0.15) is 28.1 Å². The average molecular weight is 283 g/mol. The fourth-order valence-corrected chi connectivity index (χ4v) is 1.91. The van der Waals surface area contributed by atoms with Crippen LogP contribution in [0.15, 0.2) is 47.1 Å². The summed E-state index contributed by atoms with van der Waals surface area (Å²) in [5, 5.41) is 8.77. The average Bonchev–Trinajstić information content (AvgIpc) is 3.00. The van der Waals surface area contributed by atoms with E-state index in [4.69, 9.17) is 9.52 Å². The zero-order valence-electron chi connectivity index (χ0n) is 11.9. The third-order valence-electron chi connectivity index (χ3n) is 2.94. The van der Waals surface area contributed by atoms with Gasteiger partial charge in [0, 0.05) is 19.0 Å². The maximum absolute atomic E-state index is 12.5. The normalized spacial score (nSPS) is 9.81. The molecule has 1 heterocycles. The lowest BCUT2D eigenvalue weighted by molar-refractivity contribution is 0.0775. The second-order valence-electron chi connectivity index (χ2n) is 4.56. The number of furan rings is 1. The summed E-state index contributed by atoms with van der Waals surface area (Å²) in [4.78, 5) is 14.1. The summed E-state index contributed by atoms with van der Waals surface area (Å²) in [5.74, 6) is 6.39. The molecule has 2 aromatic rings. The first-order valence-corrected chi connectivity index (χ1v) is 6.69. The third-order valence-corrected chi connectivity index (χ3v) is 2.94. The van der Waals surface area contributed by atoms with Crippen molar-refractivity contribution < 1.29 is 14.3 Å². The van der Waals surface area contributed by atoms with Crippen molar-refractivity contribution in [2.75, 3.05) is 13.7 Å². The summed E-state index contributed by atoms with van der Waals surface area (Å²) in [5.41, 5.74) is 1.22. The van der Waals surface area contributed by atoms with Crippen LogP contribution in [0.4, 0.5) is 0 Å². The van der Waals surface area contributed by atoms with Gasteiger partial charge in [0.25, 0.3) is 5.91 Å². The zero-order valence-corrected chi connectivity index (χ0v) is 11.9. The standard InChI is InChI=1S/C17H17NO3/c1-18(13-15-9-6-12-21-15)17(20)16-10-3-2-7-14(16)8-4-5-11-19/h2-3,6-7,9-10,12,19H,5,11,13H2,1H3. The van der Waals surface area contributed by atoms with E-state index in [1.54, 1.807) is 36.4 Å². The zero-order chi connectivity index (χ0) is 15.1. The van der Waals surface area contributed by atoms with E-state index in [9.17, 15) is 4.79 Å². The van der Waals surface area contributed by atoms with Gasteiger partial charge in [0.1, 0.15) is 5.76 Å². The van der Waals surface area contributed by atoms with Gasteiger partial charge in [-0.25, -0.2) is 0 Å². The van der Waals surface area contributed by atoms with E-state index < -0.39 is 0 Å². The van der Waals surface area contributed by atoms with Gasteiger partial charge in [-0.05, 0) is 24.3 Å². The Labute approximate surface area is 124 Å². The molecule has 2 rings (SSSR count). The number of aliphatic hydroxyl groups is 1. The van der Waals surface area contributed by atoms with Crippen LogP contribution in [0.25, 0.3) is 0 Å². The van der Waals surface area contributed by atoms with Gasteiger partial charge in [0.2, 0.25) is 0 Å². The Bertz CT molecular complexity index is 650. The number of hydrogen-bond acceptors (Lipinski definition) is 3. The smallest absolute Gasteiger partial charge is 0.255 e. The topological polar surface area (TPSA) is 53.7 Å². The lowest BCUT2D eigenvalue weighted by atomic mass is 10.1. The van der Waals surface area contributed by atoms with Gasteiger partial charge in [-0.15, -0.1) is 0 Å². The molecule has 0 fully saturated rings. The summed E-state index contributed by atoms with van der Waals surface area (Å²) in [6.07, 6.45) is 1.98. The molecule has 0 radical (unpaired) electrons. The number of amides is 1. The molecule has 1 aromatic heterocycles. The van der Waals surface area contributed by atoms with E-state index in [2.05, 4.69) is 11.8 Å². The lowest BCUT2D eigenvalue weighted by Gasteiger charge is -2.16. The highest BCUT2D eigenvalue weighted by Crippen LogP contribution is 2.12. The molecule has 0 spiro atoms. The van der Waals surface area contributed by atoms with Crippen molar-refractivity contribution >= 4 is 5.91 Å². The van der Waals surface area contributed by atoms with E-state index in [0.29, 0.717) is 24.1 Å². The lowest BCUT2D eigenvalue weighted by Crippen LogP contribution is -2.26. The SMILES string of the molecule is CN(Cc1ccco1)C(=O)c1ccccc1C#CCCO. The Morgan fingerprint density at radius 1 is 1.29 bits per heavy atom. The van der Waals surface area contributed by atoms with E-state index in [1.165, 1.54) is 0 Å². The number of aliphatic hydroxyl groups excluding tert-OH is 1. The molecule has 0 aliphatic rings. The molecule has 0 unspecified atom stereocenters. The highest BCUT2D eigenvalue weighted by Gasteiger charge is 2.15. The number of carbonyl (C=O) groups is 1. The first-order valence-electron chi connectivity index (χ1n) is 6.69. The van der Waals surface area contributed by atoms with Crippen LogP contribution in [0.5, 0.6) is 0 Å². The molecule has 0 aliphatic heterocycles. The summed E-state index contributed by atoms with van der Waals surface area (Å²) >= 11 is 0. The summed E-state index contributed by atoms with van der Waals surface area (Å²) in [6.45, 7) is 0.422. The van der Waals surface area contributed by atoms with Crippen LogP contribution in [-0.2, 0) is 6.54 Å². The Morgan fingerprint density at radius 2 is 2.10 bits per heavy atom. The summed E-state index contributed by atoms with van der Waals surface area (Å²) in [6, 6.07) is 10.8. The third kappa shape index (κ3) is 3.98. The molecule has 0 atom stereocenters. The highest BCUT2D eigenvalue weighted by molar-refractivity contribution is 5.96. The van der Waals surface area contributed by atoms with Gasteiger partial charge < -0.3 is 14.4 Å². The van der Waals surface area contributed by atoms with Crippen molar-refractivity contribution in [3.05, 3.63) is 59.5 Å². The molecule has 1 N–H and O–H groups in total. The second-order valence-corrected chi connectivity index (χ2v) is 4.56. The van der Waals surface area contributed by atoms with Gasteiger partial charge >= 0.3 is 0 Å². The van der Waals surface area contributed by atoms with Crippen LogP contribution >= 0.6 is 0 Å². The van der Waals surface area contributed by atoms with Crippen LogP contribution in [0.3, 0.4) is 0 Å². The Balaban J connectivity index is 2.17. The number of nitrogens with zero attached hydrogens (tertiary/aromatic N) is 1. The number of hydrogen-bond donors (Lipinski definition) is 1. The minimum Gasteiger partial charge on any atom is -0.467 e. The quantitative estimate of drug-likeness (QED) is 0.876. The van der Waals surface area contributed by atoms with Crippen LogP contribution in [-0.4, -0.2) is 29.6 Å². The largest absolute Gasteiger partial charge is 0.467 e. The predicted molar refractivity (Wildman–Crippen MR) is 79.5 cm³/mol. The van der Waals surface area contributed by atoms with Gasteiger partial charge in [0.05, 0.1) is 25.0 Å². The molecule has 1 amide bonds. The van der Waals surface area contributed by atoms with Crippen molar-refractivity contribution in [2.45, 2.75) is 13.0 Å². The fourth-order valence-electron chi connectivity index (χ4n) is 1.91. The van der Waals surface area contributed by atoms with Crippen LogP contribution in [0.2, 0.25) is 0 Å². The van der Waals surface area contributed by atoms with Gasteiger partial charge in [-0.1, -0.05) is 24.0 Å². The fraction of sp³-hybridized carbons (Fsp3) is 0.235. The minimum atomic E-state index is -0.111. The van der Waals surface area contributed by atoms with Crippen LogP contribution < -0.4 is 0 Å². The van der Waals surface area contributed by atoms with E-state index in [-0.39, 0.29) is 12.5 Å². The molecule has 0 aliphatic carbocycles. The van der Waals surface area contributed by atoms with Crippen molar-refractivity contribution in [3.63, 3.8) is 0 Å². The molecular formula is C17H17NO3. The molecule has 21 heavy (non-hydrogen) atoms. The monoisotopic (exact) mass is 283 g/mol. The Morgan fingerprint density at radius 3 is 2.81 bits per heavy atom. The molecular weight excluding hydrogens is 266 g/mol. The molecule has 0 saturated carbocycles. The summed E-state index contributed by atoms with van der Waals surface area (Å²) in [7, 11) is 1.72. The predicted octanol–water partition coefficient (Wildman–Crippen LogP) is 2.29. The maximum Gasteiger partial charge on any atom is 0.255 e. The van der Waals surface area contributed by atoms with Gasteiger partial charge in [0.15, 0.2) is 0 Å². The number of rotatable bonds is 4. The van der Waals surface area contributed by atoms with Gasteiger partial charge in [-0.3, -0.25) is 4.79 Å². The molecule has 4 nitrogen and oxygen atoms in total. The molecule has 0 saturated heterocycles. The van der Waals surface area contributed by atoms with Crippen molar-refractivity contribution in [3.8, 4) is 11.8 Å². The van der Waals surface area contributed by atoms with Gasteiger partial charge in [-0.2, -0.15) is 0 Å². The summed E-state index contributed by atoms with van der Waals surface area (Å²) < 4.78 is 5.25. The minimum absolute atomic E-state index is 0.0154. The van der Waals surface area contributed by atoms with E-state index in [1.807, 2.05) is 18.2 Å². The van der Waals surface area contributed by atoms with Crippen LogP contribution in [0, 0.1) is 11.8 Å².